The topological polar surface area (TPSA) is 46.5 Å². The first-order valence-electron chi connectivity index (χ1n) is 11.9. The van der Waals surface area contributed by atoms with Gasteiger partial charge in [0.1, 0.15) is 0 Å². The fraction of sp³-hybridized carbons (Fsp3) is 0.957. The highest BCUT2D eigenvalue weighted by molar-refractivity contribution is 6.71. The molecule has 28 heavy (non-hydrogen) atoms. The van der Waals surface area contributed by atoms with Gasteiger partial charge in [-0.1, -0.05) is 86.0 Å². The molecule has 3 unspecified atom stereocenters. The SMILES string of the molecule is CCC(C)C([SiH3])(O[Si](C)(C)CCCCCCCCCCC(=O)O)C(C)C(C)C. The summed E-state index contributed by atoms with van der Waals surface area (Å²) in [6.45, 7) is 16.7. The van der Waals surface area contributed by atoms with Crippen LogP contribution in [0.15, 0.2) is 0 Å². The predicted molar refractivity (Wildman–Crippen MR) is 129 cm³/mol. The van der Waals surface area contributed by atoms with Gasteiger partial charge in [0, 0.05) is 21.9 Å². The van der Waals surface area contributed by atoms with E-state index in [0.29, 0.717) is 24.2 Å². The zero-order valence-electron chi connectivity index (χ0n) is 20.3. The molecule has 5 heteroatoms. The van der Waals surface area contributed by atoms with Crippen LogP contribution in [0.3, 0.4) is 0 Å². The van der Waals surface area contributed by atoms with E-state index in [4.69, 9.17) is 9.53 Å². The minimum atomic E-state index is -1.64. The number of carbonyl (C=O) groups is 1. The standard InChI is InChI=1S/C23H50O3Si2/c1-8-20(4)23(27,21(5)19(2)3)26-28(6,7)18-16-14-12-10-9-11-13-15-17-22(24)25/h19-21H,8-18H2,1-7,27H3,(H,24,25). The van der Waals surface area contributed by atoms with Gasteiger partial charge in [0.15, 0.2) is 8.32 Å². The molecule has 0 saturated carbocycles. The van der Waals surface area contributed by atoms with Gasteiger partial charge in [-0.2, -0.15) is 0 Å². The van der Waals surface area contributed by atoms with Gasteiger partial charge in [0.2, 0.25) is 0 Å². The fourth-order valence-corrected chi connectivity index (χ4v) is 9.76. The maximum absolute atomic E-state index is 10.5. The minimum absolute atomic E-state index is 0.120. The molecule has 0 saturated heterocycles. The molecule has 0 heterocycles. The molecule has 0 rings (SSSR count). The molecule has 0 aromatic carbocycles. The Bertz CT molecular complexity index is 426. The van der Waals surface area contributed by atoms with E-state index in [0.717, 1.165) is 23.1 Å². The third-order valence-electron chi connectivity index (χ3n) is 6.91. The van der Waals surface area contributed by atoms with Crippen LogP contribution in [-0.4, -0.2) is 34.9 Å². The summed E-state index contributed by atoms with van der Waals surface area (Å²) in [5, 5.41) is 8.77. The van der Waals surface area contributed by atoms with E-state index in [-0.39, 0.29) is 5.22 Å². The van der Waals surface area contributed by atoms with Crippen molar-refractivity contribution in [3.63, 3.8) is 0 Å². The van der Waals surface area contributed by atoms with Crippen LogP contribution in [0.2, 0.25) is 19.1 Å². The van der Waals surface area contributed by atoms with E-state index in [9.17, 15) is 4.79 Å². The highest BCUT2D eigenvalue weighted by Gasteiger charge is 2.42. The van der Waals surface area contributed by atoms with Crippen molar-refractivity contribution in [2.24, 2.45) is 17.8 Å². The van der Waals surface area contributed by atoms with Gasteiger partial charge in [-0.15, -0.1) is 0 Å². The van der Waals surface area contributed by atoms with E-state index in [2.05, 4.69) is 47.7 Å². The Balaban J connectivity index is 4.22. The van der Waals surface area contributed by atoms with E-state index >= 15 is 0 Å². The first-order chi connectivity index (χ1) is 13.0. The monoisotopic (exact) mass is 430 g/mol. The van der Waals surface area contributed by atoms with Crippen molar-refractivity contribution >= 4 is 24.5 Å². The molecule has 1 N–H and O–H groups in total. The van der Waals surface area contributed by atoms with Crippen molar-refractivity contribution in [2.45, 2.75) is 123 Å². The minimum Gasteiger partial charge on any atom is -0.481 e. The number of carboxylic acids is 1. The van der Waals surface area contributed by atoms with Crippen molar-refractivity contribution in [1.82, 2.24) is 0 Å². The first-order valence-corrected chi connectivity index (χ1v) is 16.0. The molecule has 0 aliphatic rings. The number of aliphatic carboxylic acids is 1. The van der Waals surface area contributed by atoms with E-state index in [1.165, 1.54) is 51.0 Å². The Labute approximate surface area is 180 Å². The van der Waals surface area contributed by atoms with E-state index in [1.54, 1.807) is 0 Å². The van der Waals surface area contributed by atoms with Crippen LogP contribution >= 0.6 is 0 Å². The van der Waals surface area contributed by atoms with Crippen LogP contribution in [0.4, 0.5) is 0 Å². The number of unbranched alkanes of at least 4 members (excludes halogenated alkanes) is 7. The number of rotatable bonds is 17. The van der Waals surface area contributed by atoms with Crippen LogP contribution in [0, 0.1) is 17.8 Å². The summed E-state index contributed by atoms with van der Waals surface area (Å²) in [5.41, 5.74) is 0. The Hall–Kier alpha value is -0.136. The summed E-state index contributed by atoms with van der Waals surface area (Å²) < 4.78 is 7.05. The molecule has 0 spiro atoms. The van der Waals surface area contributed by atoms with Crippen molar-refractivity contribution in [3.05, 3.63) is 0 Å². The third-order valence-corrected chi connectivity index (χ3v) is 12.0. The molecule has 0 bridgehead atoms. The molecule has 168 valence electrons. The normalized spacial score (nSPS) is 16.9. The molecule has 0 aliphatic carbocycles. The molecule has 0 aromatic heterocycles. The summed E-state index contributed by atoms with van der Waals surface area (Å²) >= 11 is 0. The Kier molecular flexibility index (Phi) is 13.9. The van der Waals surface area contributed by atoms with Gasteiger partial charge in [-0.05, 0) is 43.3 Å². The second kappa shape index (κ2) is 14.0. The van der Waals surface area contributed by atoms with Crippen LogP contribution < -0.4 is 0 Å². The van der Waals surface area contributed by atoms with Crippen molar-refractivity contribution in [3.8, 4) is 0 Å². The van der Waals surface area contributed by atoms with E-state index < -0.39 is 14.3 Å². The molecule has 0 aromatic rings. The maximum atomic E-state index is 10.5. The average molecular weight is 431 g/mol. The Morgan fingerprint density at radius 1 is 0.964 bits per heavy atom. The van der Waals surface area contributed by atoms with Gasteiger partial charge in [0.25, 0.3) is 0 Å². The summed E-state index contributed by atoms with van der Waals surface area (Å²) in [7, 11) is -0.534. The Morgan fingerprint density at radius 2 is 1.43 bits per heavy atom. The van der Waals surface area contributed by atoms with Crippen molar-refractivity contribution in [1.29, 1.82) is 0 Å². The summed E-state index contributed by atoms with van der Waals surface area (Å²) in [6.07, 6.45) is 11.1. The van der Waals surface area contributed by atoms with Gasteiger partial charge in [0.05, 0.1) is 0 Å². The molecule has 0 fully saturated rings. The predicted octanol–water partition coefficient (Wildman–Crippen LogP) is 6.20. The van der Waals surface area contributed by atoms with Crippen LogP contribution in [-0.2, 0) is 9.22 Å². The molecular weight excluding hydrogens is 380 g/mol. The number of carboxylic acid groups (broad SMARTS) is 1. The summed E-state index contributed by atoms with van der Waals surface area (Å²) in [6, 6.07) is 1.27. The lowest BCUT2D eigenvalue weighted by molar-refractivity contribution is -0.137. The highest BCUT2D eigenvalue weighted by Crippen LogP contribution is 2.37. The molecule has 3 nitrogen and oxygen atoms in total. The average Bonchev–Trinajstić information content (AvgIpc) is 2.60. The number of hydrogen-bond donors (Lipinski definition) is 1. The first kappa shape index (κ1) is 27.9. The molecular formula is C23H50O3Si2. The largest absolute Gasteiger partial charge is 0.481 e. The fourth-order valence-electron chi connectivity index (χ4n) is 4.24. The zero-order chi connectivity index (χ0) is 21.8. The maximum Gasteiger partial charge on any atom is 0.303 e. The smallest absolute Gasteiger partial charge is 0.303 e. The van der Waals surface area contributed by atoms with Gasteiger partial charge < -0.3 is 9.53 Å². The summed E-state index contributed by atoms with van der Waals surface area (Å²) in [5.74, 6) is 1.28. The molecule has 0 radical (unpaired) electrons. The highest BCUT2D eigenvalue weighted by atomic mass is 28.4. The second-order valence-corrected chi connectivity index (χ2v) is 15.9. The Morgan fingerprint density at radius 3 is 1.86 bits per heavy atom. The lowest BCUT2D eigenvalue weighted by atomic mass is 9.83. The third kappa shape index (κ3) is 11.2. The summed E-state index contributed by atoms with van der Waals surface area (Å²) in [4.78, 5) is 10.5. The van der Waals surface area contributed by atoms with Crippen molar-refractivity contribution in [2.75, 3.05) is 0 Å². The van der Waals surface area contributed by atoms with Gasteiger partial charge in [-0.3, -0.25) is 4.79 Å². The molecule has 0 amide bonds. The van der Waals surface area contributed by atoms with Gasteiger partial charge in [-0.25, -0.2) is 0 Å². The lowest BCUT2D eigenvalue weighted by Crippen LogP contribution is -2.54. The van der Waals surface area contributed by atoms with Crippen molar-refractivity contribution < 1.29 is 14.3 Å². The lowest BCUT2D eigenvalue weighted by Gasteiger charge is -2.47. The van der Waals surface area contributed by atoms with E-state index in [1.807, 2.05) is 0 Å². The molecule has 3 atom stereocenters. The molecule has 0 aliphatic heterocycles. The number of hydrogen-bond acceptors (Lipinski definition) is 2. The van der Waals surface area contributed by atoms with Crippen LogP contribution in [0.25, 0.3) is 0 Å². The van der Waals surface area contributed by atoms with Gasteiger partial charge >= 0.3 is 5.97 Å². The van der Waals surface area contributed by atoms with Crippen LogP contribution in [0.1, 0.15) is 98.8 Å². The van der Waals surface area contributed by atoms with Crippen LogP contribution in [0.5, 0.6) is 0 Å². The quantitative estimate of drug-likeness (QED) is 0.220. The zero-order valence-corrected chi connectivity index (χ0v) is 23.3. The second-order valence-electron chi connectivity index (χ2n) is 10.1.